The van der Waals surface area contributed by atoms with E-state index in [-0.39, 0.29) is 0 Å². The van der Waals surface area contributed by atoms with Gasteiger partial charge in [-0.1, -0.05) is 11.6 Å². The quantitative estimate of drug-likeness (QED) is 0.522. The molecule has 14 heavy (non-hydrogen) atoms. The predicted molar refractivity (Wildman–Crippen MR) is 55.7 cm³/mol. The number of hydrogen-bond donors (Lipinski definition) is 0. The van der Waals surface area contributed by atoms with Crippen molar-refractivity contribution in [3.8, 4) is 0 Å². The second-order valence-corrected chi connectivity index (χ2v) is 3.43. The third-order valence-electron chi connectivity index (χ3n) is 2.10. The van der Waals surface area contributed by atoms with Gasteiger partial charge in [-0.2, -0.15) is 4.99 Å². The van der Waals surface area contributed by atoms with Crippen molar-refractivity contribution in [1.29, 1.82) is 0 Å². The molecule has 0 aliphatic rings. The van der Waals surface area contributed by atoms with Crippen LogP contribution in [0.1, 0.15) is 0 Å². The molecular weight excluding hydrogens is 200 g/mol. The van der Waals surface area contributed by atoms with Crippen molar-refractivity contribution in [1.82, 2.24) is 4.57 Å². The van der Waals surface area contributed by atoms with Crippen molar-refractivity contribution in [2.24, 2.45) is 12.0 Å². The third kappa shape index (κ3) is 1.33. The number of aromatic nitrogens is 1. The van der Waals surface area contributed by atoms with Gasteiger partial charge in [0.25, 0.3) is 0 Å². The van der Waals surface area contributed by atoms with Crippen LogP contribution in [0, 0.1) is 0 Å². The first-order valence-electron chi connectivity index (χ1n) is 4.05. The van der Waals surface area contributed by atoms with Gasteiger partial charge in [0.1, 0.15) is 5.69 Å². The topological polar surface area (TPSA) is 34.4 Å². The first-order chi connectivity index (χ1) is 6.72. The van der Waals surface area contributed by atoms with E-state index in [1.165, 1.54) is 6.08 Å². The lowest BCUT2D eigenvalue weighted by atomic mass is 10.2. The predicted octanol–water partition coefficient (Wildman–Crippen LogP) is 2.80. The van der Waals surface area contributed by atoms with Gasteiger partial charge in [0.15, 0.2) is 0 Å². The molecule has 2 rings (SSSR count). The maximum absolute atomic E-state index is 10.2. The zero-order valence-corrected chi connectivity index (χ0v) is 8.25. The summed E-state index contributed by atoms with van der Waals surface area (Å²) in [6.45, 7) is 0. The van der Waals surface area contributed by atoms with Crippen molar-refractivity contribution in [3.63, 3.8) is 0 Å². The van der Waals surface area contributed by atoms with Gasteiger partial charge in [-0.15, -0.1) is 0 Å². The van der Waals surface area contributed by atoms with Crippen LogP contribution in [-0.4, -0.2) is 10.6 Å². The fourth-order valence-electron chi connectivity index (χ4n) is 1.48. The molecule has 0 aliphatic heterocycles. The molecular formula is C10H7ClN2O. The highest BCUT2D eigenvalue weighted by Crippen LogP contribution is 2.29. The summed E-state index contributed by atoms with van der Waals surface area (Å²) in [5.74, 6) is 0. The average Bonchev–Trinajstić information content (AvgIpc) is 2.44. The van der Waals surface area contributed by atoms with Crippen LogP contribution >= 0.6 is 11.6 Å². The van der Waals surface area contributed by atoms with E-state index < -0.39 is 0 Å². The van der Waals surface area contributed by atoms with E-state index in [1.54, 1.807) is 18.3 Å². The van der Waals surface area contributed by atoms with Gasteiger partial charge in [-0.3, -0.25) is 0 Å². The summed E-state index contributed by atoms with van der Waals surface area (Å²) in [6, 6.07) is 5.48. The van der Waals surface area contributed by atoms with E-state index in [0.717, 1.165) is 10.9 Å². The van der Waals surface area contributed by atoms with Crippen molar-refractivity contribution >= 4 is 34.3 Å². The van der Waals surface area contributed by atoms with E-state index in [1.807, 2.05) is 17.7 Å². The Balaban J connectivity index is 2.85. The largest absolute Gasteiger partial charge is 0.348 e. The van der Waals surface area contributed by atoms with Gasteiger partial charge in [-0.25, -0.2) is 4.79 Å². The molecule has 0 radical (unpaired) electrons. The lowest BCUT2D eigenvalue weighted by Gasteiger charge is -1.94. The first kappa shape index (κ1) is 9.00. The fourth-order valence-corrected chi connectivity index (χ4v) is 1.65. The SMILES string of the molecule is Cn1cc(N=C=O)c2cc(Cl)ccc21. The molecule has 70 valence electrons. The van der Waals surface area contributed by atoms with Gasteiger partial charge in [0, 0.05) is 23.7 Å². The minimum absolute atomic E-state index is 0.597. The molecule has 0 unspecified atom stereocenters. The molecule has 0 amide bonds. The molecule has 1 aromatic carbocycles. The van der Waals surface area contributed by atoms with Crippen LogP contribution in [0.25, 0.3) is 10.9 Å². The summed E-state index contributed by atoms with van der Waals surface area (Å²) in [7, 11) is 1.89. The van der Waals surface area contributed by atoms with Gasteiger partial charge >= 0.3 is 0 Å². The summed E-state index contributed by atoms with van der Waals surface area (Å²) in [5.41, 5.74) is 1.59. The van der Waals surface area contributed by atoms with E-state index in [2.05, 4.69) is 4.99 Å². The molecule has 1 aromatic heterocycles. The van der Waals surface area contributed by atoms with Crippen molar-refractivity contribution in [2.75, 3.05) is 0 Å². The minimum Gasteiger partial charge on any atom is -0.348 e. The highest BCUT2D eigenvalue weighted by atomic mass is 35.5. The highest BCUT2D eigenvalue weighted by Gasteiger charge is 2.05. The van der Waals surface area contributed by atoms with Crippen LogP contribution in [0.2, 0.25) is 5.02 Å². The first-order valence-corrected chi connectivity index (χ1v) is 4.42. The zero-order chi connectivity index (χ0) is 10.1. The molecule has 0 atom stereocenters. The molecule has 0 spiro atoms. The second-order valence-electron chi connectivity index (χ2n) is 2.99. The Labute approximate surface area is 85.6 Å². The molecule has 0 N–H and O–H groups in total. The second kappa shape index (κ2) is 3.29. The van der Waals surface area contributed by atoms with Gasteiger partial charge in [0.2, 0.25) is 6.08 Å². The Morgan fingerprint density at radius 2 is 2.29 bits per heavy atom. The summed E-state index contributed by atoms with van der Waals surface area (Å²) in [4.78, 5) is 13.8. The molecule has 4 heteroatoms. The van der Waals surface area contributed by atoms with Crippen LogP contribution < -0.4 is 0 Å². The van der Waals surface area contributed by atoms with E-state index >= 15 is 0 Å². The fraction of sp³-hybridized carbons (Fsp3) is 0.100. The van der Waals surface area contributed by atoms with Gasteiger partial charge in [-0.05, 0) is 18.2 Å². The number of isocyanates is 1. The maximum Gasteiger partial charge on any atom is 0.240 e. The minimum atomic E-state index is 0.597. The van der Waals surface area contributed by atoms with Crippen LogP contribution in [0.3, 0.4) is 0 Å². The Bertz CT molecular complexity index is 538. The van der Waals surface area contributed by atoms with Crippen molar-refractivity contribution in [3.05, 3.63) is 29.4 Å². The van der Waals surface area contributed by atoms with E-state index in [4.69, 9.17) is 11.6 Å². The van der Waals surface area contributed by atoms with Crippen LogP contribution in [-0.2, 0) is 11.8 Å². The standard InChI is InChI=1S/C10H7ClN2O/c1-13-5-9(12-6-14)8-4-7(11)2-3-10(8)13/h2-5H,1H3. The number of hydrogen-bond acceptors (Lipinski definition) is 2. The number of carbonyl (C=O) groups excluding carboxylic acids is 1. The normalized spacial score (nSPS) is 10.1. The molecule has 0 bridgehead atoms. The van der Waals surface area contributed by atoms with Crippen molar-refractivity contribution in [2.45, 2.75) is 0 Å². The Kier molecular flexibility index (Phi) is 2.12. The number of halogens is 1. The number of aryl methyl sites for hydroxylation is 1. The molecule has 0 aliphatic carbocycles. The van der Waals surface area contributed by atoms with Crippen LogP contribution in [0.5, 0.6) is 0 Å². The molecule has 0 fully saturated rings. The Morgan fingerprint density at radius 1 is 1.50 bits per heavy atom. The molecule has 2 aromatic rings. The lowest BCUT2D eigenvalue weighted by Crippen LogP contribution is -1.81. The van der Waals surface area contributed by atoms with Gasteiger partial charge < -0.3 is 4.57 Å². The number of benzene rings is 1. The monoisotopic (exact) mass is 206 g/mol. The zero-order valence-electron chi connectivity index (χ0n) is 7.49. The van der Waals surface area contributed by atoms with Crippen LogP contribution in [0.4, 0.5) is 5.69 Å². The number of fused-ring (bicyclic) bond motifs is 1. The Morgan fingerprint density at radius 3 is 3.00 bits per heavy atom. The summed E-state index contributed by atoms with van der Waals surface area (Å²) < 4.78 is 1.89. The smallest absolute Gasteiger partial charge is 0.240 e. The maximum atomic E-state index is 10.2. The summed E-state index contributed by atoms with van der Waals surface area (Å²) >= 11 is 5.85. The summed E-state index contributed by atoms with van der Waals surface area (Å²) in [6.07, 6.45) is 3.30. The molecule has 0 saturated carbocycles. The number of nitrogens with zero attached hydrogens (tertiary/aromatic N) is 2. The average molecular weight is 207 g/mol. The summed E-state index contributed by atoms with van der Waals surface area (Å²) in [5, 5.41) is 1.49. The highest BCUT2D eigenvalue weighted by molar-refractivity contribution is 6.31. The van der Waals surface area contributed by atoms with Crippen LogP contribution in [0.15, 0.2) is 29.4 Å². The molecule has 3 nitrogen and oxygen atoms in total. The van der Waals surface area contributed by atoms with E-state index in [0.29, 0.717) is 10.7 Å². The third-order valence-corrected chi connectivity index (χ3v) is 2.33. The number of rotatable bonds is 1. The van der Waals surface area contributed by atoms with Gasteiger partial charge in [0.05, 0.1) is 5.52 Å². The number of aliphatic imine (C=N–C) groups is 1. The van der Waals surface area contributed by atoms with E-state index in [9.17, 15) is 4.79 Å². The molecule has 0 saturated heterocycles. The lowest BCUT2D eigenvalue weighted by molar-refractivity contribution is 0.565. The van der Waals surface area contributed by atoms with Crippen molar-refractivity contribution < 1.29 is 4.79 Å². The molecule has 1 heterocycles. The Hall–Kier alpha value is -1.57.